The monoisotopic (exact) mass is 345 g/mol. The van der Waals surface area contributed by atoms with E-state index in [9.17, 15) is 19.6 Å². The maximum absolute atomic E-state index is 12.2. The van der Waals surface area contributed by atoms with E-state index in [4.69, 9.17) is 0 Å². The summed E-state index contributed by atoms with van der Waals surface area (Å²) in [6.45, 7) is 3.50. The molecule has 0 unspecified atom stereocenters. The summed E-state index contributed by atoms with van der Waals surface area (Å²) in [5.74, 6) is -1.68. The number of carbonyl (C=O) groups excluding carboxylic acids is 3. The lowest BCUT2D eigenvalue weighted by Gasteiger charge is -2.14. The van der Waals surface area contributed by atoms with Gasteiger partial charge >= 0.3 is 17.8 Å². The van der Waals surface area contributed by atoms with Crippen LogP contribution in [-0.4, -0.2) is 34.2 Å². The summed E-state index contributed by atoms with van der Waals surface area (Å²) < 4.78 is 0. The van der Waals surface area contributed by atoms with Crippen molar-refractivity contribution < 1.29 is 14.4 Å². The van der Waals surface area contributed by atoms with Gasteiger partial charge in [-0.25, -0.2) is 4.79 Å². The van der Waals surface area contributed by atoms with Gasteiger partial charge in [-0.3, -0.25) is 19.4 Å². The lowest BCUT2D eigenvalue weighted by Crippen LogP contribution is -2.33. The molecule has 0 aromatic heterocycles. The second-order valence-corrected chi connectivity index (χ2v) is 5.73. The quantitative estimate of drug-likeness (QED) is 0.474. The molecule has 1 heterocycles. The molecule has 1 saturated heterocycles. The van der Waals surface area contributed by atoms with Crippen LogP contribution in [0, 0.1) is 11.3 Å². The van der Waals surface area contributed by atoms with Gasteiger partial charge in [0.15, 0.2) is 0 Å². The van der Waals surface area contributed by atoms with Crippen LogP contribution in [0.15, 0.2) is 61.2 Å². The Morgan fingerprint density at radius 3 is 2.27 bits per heavy atom. The topological polar surface area (TPSA) is 81.5 Å². The first-order valence-corrected chi connectivity index (χ1v) is 7.93. The maximum atomic E-state index is 12.2. The second kappa shape index (κ2) is 7.03. The first-order chi connectivity index (χ1) is 12.6. The Kier molecular flexibility index (Phi) is 4.63. The molecule has 0 aliphatic carbocycles. The van der Waals surface area contributed by atoms with Gasteiger partial charge in [0.2, 0.25) is 0 Å². The lowest BCUT2D eigenvalue weighted by atomic mass is 9.99. The molecule has 0 saturated carbocycles. The van der Waals surface area contributed by atoms with Crippen molar-refractivity contribution in [3.05, 3.63) is 72.3 Å². The largest absolute Gasteiger partial charge is 0.334 e. The Morgan fingerprint density at radius 2 is 1.62 bits per heavy atom. The van der Waals surface area contributed by atoms with Gasteiger partial charge in [0.05, 0.1) is 18.2 Å². The number of benzene rings is 2. The molecule has 1 aliphatic heterocycles. The Balaban J connectivity index is 1.81. The van der Waals surface area contributed by atoms with Crippen LogP contribution in [0.3, 0.4) is 0 Å². The minimum atomic E-state index is -0.838. The molecule has 26 heavy (non-hydrogen) atoms. The fourth-order valence-corrected chi connectivity index (χ4v) is 2.78. The van der Waals surface area contributed by atoms with Gasteiger partial charge in [-0.2, -0.15) is 5.26 Å². The van der Waals surface area contributed by atoms with Gasteiger partial charge in [-0.05, 0) is 22.8 Å². The molecular formula is C20H15N3O3. The van der Waals surface area contributed by atoms with E-state index in [1.54, 1.807) is 24.3 Å². The zero-order valence-electron chi connectivity index (χ0n) is 13.9. The maximum Gasteiger partial charge on any atom is 0.334 e. The van der Waals surface area contributed by atoms with E-state index in [1.807, 2.05) is 24.3 Å². The van der Waals surface area contributed by atoms with Crippen molar-refractivity contribution in [3.63, 3.8) is 0 Å². The highest BCUT2D eigenvalue weighted by atomic mass is 16.2. The summed E-state index contributed by atoms with van der Waals surface area (Å²) in [7, 11) is 0. The molecule has 0 bridgehead atoms. The van der Waals surface area contributed by atoms with Crippen molar-refractivity contribution in [2.75, 3.05) is 6.54 Å². The summed E-state index contributed by atoms with van der Waals surface area (Å²) >= 11 is 0. The average Bonchev–Trinajstić information content (AvgIpc) is 2.87. The number of urea groups is 1. The number of rotatable bonds is 5. The molecule has 2 aromatic rings. The summed E-state index contributed by atoms with van der Waals surface area (Å²) in [5.41, 5.74) is 2.94. The highest BCUT2D eigenvalue weighted by molar-refractivity contribution is 6.44. The zero-order valence-corrected chi connectivity index (χ0v) is 13.9. The van der Waals surface area contributed by atoms with Crippen molar-refractivity contribution in [1.82, 2.24) is 9.80 Å². The Bertz CT molecular complexity index is 942. The highest BCUT2D eigenvalue weighted by Gasteiger charge is 2.43. The zero-order chi connectivity index (χ0) is 18.7. The SMILES string of the molecule is C=CCN1C(=O)C(=O)N(Cc2ccc(-c3ccccc3C#N)cc2)C1=O. The van der Waals surface area contributed by atoms with E-state index in [1.165, 1.54) is 6.08 Å². The Morgan fingerprint density at radius 1 is 0.962 bits per heavy atom. The van der Waals surface area contributed by atoms with Crippen LogP contribution in [0.2, 0.25) is 0 Å². The number of amides is 4. The van der Waals surface area contributed by atoms with Crippen LogP contribution in [0.5, 0.6) is 0 Å². The van der Waals surface area contributed by atoms with Crippen molar-refractivity contribution >= 4 is 17.8 Å². The first-order valence-electron chi connectivity index (χ1n) is 7.93. The minimum Gasteiger partial charge on any atom is -0.263 e. The third-order valence-electron chi connectivity index (χ3n) is 4.10. The number of hydrogen-bond donors (Lipinski definition) is 0. The molecule has 1 aliphatic rings. The summed E-state index contributed by atoms with van der Waals surface area (Å²) in [4.78, 5) is 37.9. The summed E-state index contributed by atoms with van der Waals surface area (Å²) in [6, 6.07) is 15.9. The van der Waals surface area contributed by atoms with Crippen molar-refractivity contribution in [3.8, 4) is 17.2 Å². The number of hydrogen-bond acceptors (Lipinski definition) is 4. The summed E-state index contributed by atoms with van der Waals surface area (Å²) in [6.07, 6.45) is 1.40. The van der Waals surface area contributed by atoms with E-state index in [-0.39, 0.29) is 13.1 Å². The number of nitriles is 1. The third kappa shape index (κ3) is 2.98. The first kappa shape index (κ1) is 17.1. The van der Waals surface area contributed by atoms with E-state index in [2.05, 4.69) is 12.6 Å². The van der Waals surface area contributed by atoms with E-state index < -0.39 is 17.8 Å². The van der Waals surface area contributed by atoms with Crippen LogP contribution < -0.4 is 0 Å². The predicted molar refractivity (Wildman–Crippen MR) is 94.4 cm³/mol. The predicted octanol–water partition coefficient (Wildman–Crippen LogP) is 2.70. The molecule has 0 spiro atoms. The van der Waals surface area contributed by atoms with Gasteiger partial charge in [0.25, 0.3) is 0 Å². The molecule has 1 fully saturated rings. The smallest absolute Gasteiger partial charge is 0.263 e. The molecule has 2 aromatic carbocycles. The van der Waals surface area contributed by atoms with Gasteiger partial charge in [0, 0.05) is 6.54 Å². The molecule has 3 rings (SSSR count). The second-order valence-electron chi connectivity index (χ2n) is 5.73. The average molecular weight is 345 g/mol. The minimum absolute atomic E-state index is 0.00376. The Hall–Kier alpha value is -3.72. The van der Waals surface area contributed by atoms with Crippen LogP contribution in [-0.2, 0) is 16.1 Å². The standard InChI is InChI=1S/C20H15N3O3/c1-2-11-22-18(24)19(25)23(20(22)26)13-14-7-9-15(10-8-14)17-6-4-3-5-16(17)12-21/h2-10H,1,11,13H2. The molecular weight excluding hydrogens is 330 g/mol. The Labute approximate surface area is 150 Å². The van der Waals surface area contributed by atoms with Crippen LogP contribution >= 0.6 is 0 Å². The number of carbonyl (C=O) groups is 3. The number of nitrogens with zero attached hydrogens (tertiary/aromatic N) is 3. The van der Waals surface area contributed by atoms with E-state index >= 15 is 0 Å². The van der Waals surface area contributed by atoms with Gasteiger partial charge in [0.1, 0.15) is 0 Å². The fourth-order valence-electron chi connectivity index (χ4n) is 2.78. The fraction of sp³-hybridized carbons (Fsp3) is 0.100. The molecule has 6 heteroatoms. The molecule has 0 radical (unpaired) electrons. The molecule has 0 atom stereocenters. The molecule has 4 amide bonds. The highest BCUT2D eigenvalue weighted by Crippen LogP contribution is 2.24. The van der Waals surface area contributed by atoms with Crippen molar-refractivity contribution in [2.45, 2.75) is 6.54 Å². The lowest BCUT2D eigenvalue weighted by molar-refractivity contribution is -0.143. The van der Waals surface area contributed by atoms with Crippen molar-refractivity contribution in [1.29, 1.82) is 5.26 Å². The van der Waals surface area contributed by atoms with Gasteiger partial charge < -0.3 is 0 Å². The summed E-state index contributed by atoms with van der Waals surface area (Å²) in [5, 5.41) is 9.20. The van der Waals surface area contributed by atoms with Crippen LogP contribution in [0.25, 0.3) is 11.1 Å². The molecule has 128 valence electrons. The van der Waals surface area contributed by atoms with Crippen molar-refractivity contribution in [2.24, 2.45) is 0 Å². The van der Waals surface area contributed by atoms with E-state index in [0.717, 1.165) is 20.9 Å². The van der Waals surface area contributed by atoms with E-state index in [0.29, 0.717) is 11.1 Å². The van der Waals surface area contributed by atoms with Gasteiger partial charge in [-0.1, -0.05) is 48.5 Å². The van der Waals surface area contributed by atoms with Crippen LogP contribution in [0.1, 0.15) is 11.1 Å². The molecule has 6 nitrogen and oxygen atoms in total. The molecule has 0 N–H and O–H groups in total. The normalized spacial score (nSPS) is 13.9. The third-order valence-corrected chi connectivity index (χ3v) is 4.10. The van der Waals surface area contributed by atoms with Gasteiger partial charge in [-0.15, -0.1) is 6.58 Å². The number of imide groups is 2. The van der Waals surface area contributed by atoms with Crippen LogP contribution in [0.4, 0.5) is 4.79 Å².